The van der Waals surface area contributed by atoms with E-state index in [-0.39, 0.29) is 24.3 Å². The molecule has 4 rings (SSSR count). The Kier molecular flexibility index (Phi) is 5.90. The fourth-order valence-corrected chi connectivity index (χ4v) is 3.93. The van der Waals surface area contributed by atoms with Crippen molar-refractivity contribution < 1.29 is 9.53 Å². The summed E-state index contributed by atoms with van der Waals surface area (Å²) in [4.78, 5) is 25.6. The highest BCUT2D eigenvalue weighted by atomic mass is 32.2. The number of fused-ring (bicyclic) bond motifs is 1. The van der Waals surface area contributed by atoms with Gasteiger partial charge in [0.15, 0.2) is 12.4 Å². The van der Waals surface area contributed by atoms with E-state index >= 15 is 0 Å². The Morgan fingerprint density at radius 2 is 1.90 bits per heavy atom. The van der Waals surface area contributed by atoms with E-state index in [1.807, 2.05) is 30.3 Å². The molecule has 1 aliphatic carbocycles. The maximum atomic E-state index is 12.1. The summed E-state index contributed by atoms with van der Waals surface area (Å²) in [5.41, 5.74) is 9.39. The third-order valence-corrected chi connectivity index (χ3v) is 5.49. The molecular weight excluding hydrogens is 386 g/mol. The van der Waals surface area contributed by atoms with E-state index in [0.29, 0.717) is 11.8 Å². The number of nitrogens with zero attached hydrogens (tertiary/aromatic N) is 3. The van der Waals surface area contributed by atoms with Gasteiger partial charge in [-0.1, -0.05) is 24.3 Å². The second-order valence-corrected chi connectivity index (χ2v) is 7.71. The van der Waals surface area contributed by atoms with E-state index in [0.717, 1.165) is 23.4 Å². The minimum Gasteiger partial charge on any atom is -0.457 e. The lowest BCUT2D eigenvalue weighted by atomic mass is 10.1. The van der Waals surface area contributed by atoms with Crippen molar-refractivity contribution in [2.24, 2.45) is 0 Å². The van der Waals surface area contributed by atoms with Crippen LogP contribution in [0.15, 0.2) is 53.4 Å². The van der Waals surface area contributed by atoms with Crippen LogP contribution in [0.4, 0.5) is 17.6 Å². The van der Waals surface area contributed by atoms with Gasteiger partial charge in [0.05, 0.1) is 5.75 Å². The zero-order valence-electron chi connectivity index (χ0n) is 15.8. The average molecular weight is 407 g/mol. The Labute approximate surface area is 173 Å². The molecule has 0 fully saturated rings. The van der Waals surface area contributed by atoms with Crippen molar-refractivity contribution in [1.82, 2.24) is 15.0 Å². The van der Waals surface area contributed by atoms with Crippen LogP contribution >= 0.6 is 11.8 Å². The molecule has 3 N–H and O–H groups in total. The number of para-hydroxylation sites is 1. The first-order valence-corrected chi connectivity index (χ1v) is 10.4. The fraction of sp³-hybridized carbons (Fsp3) is 0.238. The number of nitrogens with one attached hydrogen (secondary N) is 1. The molecule has 8 heteroatoms. The van der Waals surface area contributed by atoms with E-state index < -0.39 is 0 Å². The van der Waals surface area contributed by atoms with Crippen molar-refractivity contribution in [3.63, 3.8) is 0 Å². The van der Waals surface area contributed by atoms with Crippen molar-refractivity contribution in [1.29, 1.82) is 0 Å². The Bertz CT molecular complexity index is 1010. The summed E-state index contributed by atoms with van der Waals surface area (Å²) in [6.07, 6.45) is 3.48. The zero-order chi connectivity index (χ0) is 20.1. The zero-order valence-corrected chi connectivity index (χ0v) is 16.6. The van der Waals surface area contributed by atoms with Crippen LogP contribution in [0.25, 0.3) is 0 Å². The number of carbonyl (C=O) groups excluding carboxylic acids is 1. The van der Waals surface area contributed by atoms with E-state index in [9.17, 15) is 4.79 Å². The number of carbonyl (C=O) groups is 1. The number of rotatable bonds is 7. The van der Waals surface area contributed by atoms with Gasteiger partial charge in [-0.2, -0.15) is 15.0 Å². The van der Waals surface area contributed by atoms with Gasteiger partial charge >= 0.3 is 5.97 Å². The third kappa shape index (κ3) is 5.23. The second kappa shape index (κ2) is 8.91. The molecule has 0 bridgehead atoms. The van der Waals surface area contributed by atoms with E-state index in [2.05, 4.69) is 38.5 Å². The number of ether oxygens (including phenoxy) is 1. The van der Waals surface area contributed by atoms with Gasteiger partial charge in [-0.25, -0.2) is 0 Å². The van der Waals surface area contributed by atoms with Gasteiger partial charge in [0.25, 0.3) is 0 Å². The topological polar surface area (TPSA) is 103 Å². The molecule has 0 aliphatic heterocycles. The first kappa shape index (κ1) is 19.2. The highest BCUT2D eigenvalue weighted by molar-refractivity contribution is 8.00. The number of aryl methyl sites for hydroxylation is 2. The van der Waals surface area contributed by atoms with Crippen LogP contribution < -0.4 is 11.1 Å². The first-order chi connectivity index (χ1) is 14.2. The van der Waals surface area contributed by atoms with Crippen molar-refractivity contribution in [3.05, 3.63) is 65.5 Å². The molecule has 0 saturated heterocycles. The summed E-state index contributed by atoms with van der Waals surface area (Å²) in [7, 11) is 0. The van der Waals surface area contributed by atoms with Gasteiger partial charge in [0.2, 0.25) is 11.9 Å². The number of benzene rings is 2. The largest absolute Gasteiger partial charge is 0.457 e. The number of anilines is 3. The van der Waals surface area contributed by atoms with Crippen LogP contribution in [0.1, 0.15) is 23.4 Å². The number of hydrogen-bond donors (Lipinski definition) is 2. The number of thioether (sulfide) groups is 1. The van der Waals surface area contributed by atoms with Gasteiger partial charge in [-0.3, -0.25) is 4.79 Å². The molecule has 0 unspecified atom stereocenters. The Morgan fingerprint density at radius 1 is 1.07 bits per heavy atom. The summed E-state index contributed by atoms with van der Waals surface area (Å²) in [5.74, 6) is 0.576. The second-order valence-electron chi connectivity index (χ2n) is 6.66. The predicted molar refractivity (Wildman–Crippen MR) is 113 cm³/mol. The van der Waals surface area contributed by atoms with Gasteiger partial charge < -0.3 is 15.8 Å². The van der Waals surface area contributed by atoms with E-state index in [1.165, 1.54) is 29.3 Å². The number of aromatic nitrogens is 3. The van der Waals surface area contributed by atoms with Gasteiger partial charge in [-0.05, 0) is 54.7 Å². The fourth-order valence-electron chi connectivity index (χ4n) is 3.18. The minimum atomic E-state index is -0.327. The van der Waals surface area contributed by atoms with Gasteiger partial charge in [0.1, 0.15) is 0 Å². The van der Waals surface area contributed by atoms with E-state index in [4.69, 9.17) is 10.5 Å². The lowest BCUT2D eigenvalue weighted by molar-refractivity contribution is -0.141. The Morgan fingerprint density at radius 3 is 2.76 bits per heavy atom. The van der Waals surface area contributed by atoms with Gasteiger partial charge in [-0.15, -0.1) is 11.8 Å². The normalized spacial score (nSPS) is 12.4. The van der Waals surface area contributed by atoms with Gasteiger partial charge in [0, 0.05) is 10.6 Å². The molecule has 1 aromatic heterocycles. The molecule has 0 spiro atoms. The molecule has 148 valence electrons. The maximum absolute atomic E-state index is 12.1. The van der Waals surface area contributed by atoms with Crippen LogP contribution in [0.3, 0.4) is 0 Å². The molecule has 0 atom stereocenters. The number of esters is 1. The van der Waals surface area contributed by atoms with Crippen LogP contribution in [0, 0.1) is 0 Å². The van der Waals surface area contributed by atoms with E-state index in [1.54, 1.807) is 0 Å². The van der Waals surface area contributed by atoms with Crippen LogP contribution in [-0.4, -0.2) is 26.7 Å². The number of nitrogens with two attached hydrogens (primary N) is 1. The standard InChI is InChI=1S/C21H21N5O2S/c22-20-24-18(25-21(26-20)23-16-7-2-1-3-8-16)12-28-19(27)13-29-17-10-9-14-5-4-6-15(14)11-17/h1-3,7-11H,4-6,12-13H2,(H3,22,23,24,25,26). The predicted octanol–water partition coefficient (Wildman–Crippen LogP) is 3.52. The monoisotopic (exact) mass is 407 g/mol. The van der Waals surface area contributed by atoms with Crippen molar-refractivity contribution in [2.75, 3.05) is 16.8 Å². The number of hydrogen-bond acceptors (Lipinski definition) is 8. The average Bonchev–Trinajstić information content (AvgIpc) is 3.19. The molecular formula is C21H21N5O2S. The summed E-state index contributed by atoms with van der Waals surface area (Å²) < 4.78 is 5.31. The molecule has 29 heavy (non-hydrogen) atoms. The Balaban J connectivity index is 1.30. The molecule has 3 aromatic rings. The molecule has 7 nitrogen and oxygen atoms in total. The molecule has 1 heterocycles. The van der Waals surface area contributed by atoms with Crippen LogP contribution in [0.2, 0.25) is 0 Å². The lowest BCUT2D eigenvalue weighted by Crippen LogP contribution is -2.12. The summed E-state index contributed by atoms with van der Waals surface area (Å²) in [5, 5.41) is 3.05. The van der Waals surface area contributed by atoms with Crippen molar-refractivity contribution >= 4 is 35.3 Å². The highest BCUT2D eigenvalue weighted by Gasteiger charge is 2.13. The summed E-state index contributed by atoms with van der Waals surface area (Å²) >= 11 is 1.47. The lowest BCUT2D eigenvalue weighted by Gasteiger charge is -2.08. The molecule has 1 aliphatic rings. The van der Waals surface area contributed by atoms with Crippen LogP contribution in [-0.2, 0) is 29.0 Å². The molecule has 2 aromatic carbocycles. The summed E-state index contributed by atoms with van der Waals surface area (Å²) in [6, 6.07) is 15.9. The smallest absolute Gasteiger partial charge is 0.316 e. The Hall–Kier alpha value is -3.13. The summed E-state index contributed by atoms with van der Waals surface area (Å²) in [6.45, 7) is -0.0558. The minimum absolute atomic E-state index is 0.0558. The maximum Gasteiger partial charge on any atom is 0.316 e. The molecule has 0 radical (unpaired) electrons. The van der Waals surface area contributed by atoms with Crippen molar-refractivity contribution in [3.8, 4) is 0 Å². The quantitative estimate of drug-likeness (QED) is 0.453. The van der Waals surface area contributed by atoms with Crippen molar-refractivity contribution in [2.45, 2.75) is 30.8 Å². The first-order valence-electron chi connectivity index (χ1n) is 9.38. The highest BCUT2D eigenvalue weighted by Crippen LogP contribution is 2.27. The van der Waals surface area contributed by atoms with Crippen LogP contribution in [0.5, 0.6) is 0 Å². The third-order valence-electron chi connectivity index (χ3n) is 4.52. The molecule has 0 amide bonds. The SMILES string of the molecule is Nc1nc(COC(=O)CSc2ccc3c(c2)CCC3)nc(Nc2ccccc2)n1. The number of nitrogen functional groups attached to an aromatic ring is 1. The molecule has 0 saturated carbocycles.